The van der Waals surface area contributed by atoms with Crippen LogP contribution in [0.25, 0.3) is 11.8 Å². The molecule has 0 radical (unpaired) electrons. The van der Waals surface area contributed by atoms with E-state index in [-0.39, 0.29) is 18.5 Å². The molecule has 176 valence electrons. The van der Waals surface area contributed by atoms with E-state index in [0.29, 0.717) is 5.56 Å². The summed E-state index contributed by atoms with van der Waals surface area (Å²) in [5.74, 6) is 1.15. The molecule has 3 heterocycles. The van der Waals surface area contributed by atoms with Gasteiger partial charge < -0.3 is 24.1 Å². The van der Waals surface area contributed by atoms with Crippen molar-refractivity contribution in [2.75, 3.05) is 20.3 Å². The number of halogens is 1. The summed E-state index contributed by atoms with van der Waals surface area (Å²) in [5, 5.41) is 15.4. The van der Waals surface area contributed by atoms with Crippen molar-refractivity contribution in [2.45, 2.75) is 31.9 Å². The van der Waals surface area contributed by atoms with Gasteiger partial charge in [0.2, 0.25) is 0 Å². The summed E-state index contributed by atoms with van der Waals surface area (Å²) >= 11 is 0. The molecule has 1 aromatic heterocycles. The minimum absolute atomic E-state index is 0.266. The van der Waals surface area contributed by atoms with E-state index in [2.05, 4.69) is 21.1 Å². The number of aryl methyl sites for hydroxylation is 1. The molecule has 1 unspecified atom stereocenters. The monoisotopic (exact) mass is 462 g/mol. The molecule has 34 heavy (non-hydrogen) atoms. The first-order chi connectivity index (χ1) is 16.5. The van der Waals surface area contributed by atoms with Gasteiger partial charge in [0.1, 0.15) is 24.3 Å². The Morgan fingerprint density at radius 2 is 2.06 bits per heavy atom. The Kier molecular flexibility index (Phi) is 6.06. The number of methoxy groups -OCH3 is 1. The smallest absolute Gasteiger partial charge is 0.171 e. The van der Waals surface area contributed by atoms with Gasteiger partial charge in [-0.15, -0.1) is 0 Å². The fourth-order valence-electron chi connectivity index (χ4n) is 4.57. The number of hydrogen-bond acceptors (Lipinski definition) is 6. The van der Waals surface area contributed by atoms with Gasteiger partial charge in [-0.2, -0.15) is 0 Å². The van der Waals surface area contributed by atoms with Crippen LogP contribution in [-0.2, 0) is 4.84 Å². The molecule has 2 aliphatic rings. The van der Waals surface area contributed by atoms with E-state index >= 15 is 0 Å². The Hall–Kier alpha value is -3.65. The first-order valence-corrected chi connectivity index (χ1v) is 11.3. The van der Waals surface area contributed by atoms with E-state index in [0.717, 1.165) is 53.5 Å². The number of hydrogen-bond donors (Lipinski definition) is 1. The molecule has 2 atom stereocenters. The van der Waals surface area contributed by atoms with Crippen LogP contribution in [-0.4, -0.2) is 51.7 Å². The van der Waals surface area contributed by atoms with E-state index < -0.39 is 6.10 Å². The number of piperidine rings is 1. The third-order valence-corrected chi connectivity index (χ3v) is 6.31. The SMILES string of the molecule is COc1cc(C=C2CCCN3C2=NOC[C@@H]3C(O)c2ccc(F)cc2)ccc1-n1cnc(C)c1. The molecular weight excluding hydrogens is 435 g/mol. The van der Waals surface area contributed by atoms with E-state index in [1.54, 1.807) is 25.6 Å². The van der Waals surface area contributed by atoms with Crippen molar-refractivity contribution in [1.82, 2.24) is 14.5 Å². The van der Waals surface area contributed by atoms with Crippen molar-refractivity contribution < 1.29 is 19.1 Å². The Bertz CT molecular complexity index is 1240. The summed E-state index contributed by atoms with van der Waals surface area (Å²) < 4.78 is 20.9. The topological polar surface area (TPSA) is 72.1 Å². The molecular formula is C26H27FN4O3. The fourth-order valence-corrected chi connectivity index (χ4v) is 4.57. The lowest BCUT2D eigenvalue weighted by Crippen LogP contribution is -2.51. The van der Waals surface area contributed by atoms with Crippen LogP contribution in [0.2, 0.25) is 0 Å². The van der Waals surface area contributed by atoms with Crippen LogP contribution in [0.1, 0.15) is 35.8 Å². The maximum absolute atomic E-state index is 13.3. The van der Waals surface area contributed by atoms with E-state index in [9.17, 15) is 9.50 Å². The molecule has 1 saturated heterocycles. The first-order valence-electron chi connectivity index (χ1n) is 11.3. The number of nitrogens with zero attached hydrogens (tertiary/aromatic N) is 4. The molecule has 3 aromatic rings. The van der Waals surface area contributed by atoms with Gasteiger partial charge in [0.15, 0.2) is 5.84 Å². The van der Waals surface area contributed by atoms with Gasteiger partial charge >= 0.3 is 0 Å². The lowest BCUT2D eigenvalue weighted by molar-refractivity contribution is -0.00800. The lowest BCUT2D eigenvalue weighted by Gasteiger charge is -2.42. The Balaban J connectivity index is 1.42. The predicted octanol–water partition coefficient (Wildman–Crippen LogP) is 4.25. The fraction of sp³-hybridized carbons (Fsp3) is 0.308. The molecule has 0 amide bonds. The molecule has 2 aliphatic heterocycles. The predicted molar refractivity (Wildman–Crippen MR) is 127 cm³/mol. The van der Waals surface area contributed by atoms with Crippen LogP contribution in [0.15, 0.2) is 65.7 Å². The molecule has 2 aromatic carbocycles. The summed E-state index contributed by atoms with van der Waals surface area (Å²) in [4.78, 5) is 11.9. The van der Waals surface area contributed by atoms with Crippen molar-refractivity contribution >= 4 is 11.9 Å². The quantitative estimate of drug-likeness (QED) is 0.614. The molecule has 0 bridgehead atoms. The van der Waals surface area contributed by atoms with Crippen LogP contribution in [0.3, 0.4) is 0 Å². The highest BCUT2D eigenvalue weighted by Gasteiger charge is 2.36. The first kappa shape index (κ1) is 22.2. The van der Waals surface area contributed by atoms with Crippen molar-refractivity contribution in [1.29, 1.82) is 0 Å². The van der Waals surface area contributed by atoms with E-state index in [4.69, 9.17) is 9.57 Å². The van der Waals surface area contributed by atoms with Crippen molar-refractivity contribution in [3.8, 4) is 11.4 Å². The van der Waals surface area contributed by atoms with Gasteiger partial charge in [0.25, 0.3) is 0 Å². The summed E-state index contributed by atoms with van der Waals surface area (Å²) in [7, 11) is 1.66. The average molecular weight is 463 g/mol. The number of amidine groups is 1. The standard InChI is InChI=1S/C26H27FN4O3/c1-17-14-30(16-28-17)22-10-5-18(13-24(22)33-2)12-20-4-3-11-31-23(15-34-29-26(20)31)25(32)19-6-8-21(27)9-7-19/h5-10,12-14,16,23,25,32H,3-4,11,15H2,1-2H3/t23-,25?/m1/s1. The largest absolute Gasteiger partial charge is 0.495 e. The third kappa shape index (κ3) is 4.28. The number of aliphatic hydroxyl groups excluding tert-OH is 1. The zero-order valence-electron chi connectivity index (χ0n) is 19.2. The van der Waals surface area contributed by atoms with Crippen molar-refractivity contribution in [3.63, 3.8) is 0 Å². The molecule has 0 aliphatic carbocycles. The second-order valence-electron chi connectivity index (χ2n) is 8.59. The number of benzene rings is 2. The van der Waals surface area contributed by atoms with Crippen LogP contribution >= 0.6 is 0 Å². The van der Waals surface area contributed by atoms with Gasteiger partial charge in [-0.25, -0.2) is 9.37 Å². The van der Waals surface area contributed by atoms with Gasteiger partial charge in [-0.05, 0) is 66.8 Å². The summed E-state index contributed by atoms with van der Waals surface area (Å²) in [6.45, 7) is 2.98. The summed E-state index contributed by atoms with van der Waals surface area (Å²) in [5.41, 5.74) is 4.52. The van der Waals surface area contributed by atoms with Gasteiger partial charge in [0, 0.05) is 12.7 Å². The molecule has 1 N–H and O–H groups in total. The Labute approximate surface area is 197 Å². The van der Waals surface area contributed by atoms with Gasteiger partial charge in [0.05, 0.1) is 30.9 Å². The molecule has 7 nitrogen and oxygen atoms in total. The van der Waals surface area contributed by atoms with Crippen molar-refractivity contribution in [2.24, 2.45) is 5.16 Å². The minimum atomic E-state index is -0.816. The van der Waals surface area contributed by atoms with Crippen LogP contribution < -0.4 is 4.74 Å². The van der Waals surface area contributed by atoms with Crippen molar-refractivity contribution in [3.05, 3.63) is 83.2 Å². The molecule has 1 fully saturated rings. The van der Waals surface area contributed by atoms with E-state index in [1.165, 1.54) is 12.1 Å². The number of imidazole rings is 1. The molecule has 0 saturated carbocycles. The van der Waals surface area contributed by atoms with Crippen LogP contribution in [0.5, 0.6) is 5.75 Å². The second-order valence-corrected chi connectivity index (χ2v) is 8.59. The lowest BCUT2D eigenvalue weighted by atomic mass is 9.94. The van der Waals surface area contributed by atoms with Gasteiger partial charge in [-0.1, -0.05) is 23.4 Å². The molecule has 8 heteroatoms. The highest BCUT2D eigenvalue weighted by molar-refractivity contribution is 6.03. The molecule has 5 rings (SSSR count). The number of ether oxygens (including phenoxy) is 1. The summed E-state index contributed by atoms with van der Waals surface area (Å²) in [6, 6.07) is 11.7. The third-order valence-electron chi connectivity index (χ3n) is 6.31. The summed E-state index contributed by atoms with van der Waals surface area (Å²) in [6.07, 6.45) is 6.78. The maximum atomic E-state index is 13.3. The zero-order chi connectivity index (χ0) is 23.7. The zero-order valence-corrected chi connectivity index (χ0v) is 19.2. The van der Waals surface area contributed by atoms with Crippen LogP contribution in [0, 0.1) is 12.7 Å². The Morgan fingerprint density at radius 1 is 1.24 bits per heavy atom. The maximum Gasteiger partial charge on any atom is 0.171 e. The Morgan fingerprint density at radius 3 is 2.79 bits per heavy atom. The number of oxime groups is 1. The van der Waals surface area contributed by atoms with Crippen LogP contribution in [0.4, 0.5) is 4.39 Å². The number of aliphatic hydroxyl groups is 1. The minimum Gasteiger partial charge on any atom is -0.495 e. The average Bonchev–Trinajstić information content (AvgIpc) is 3.30. The second kappa shape index (κ2) is 9.30. The highest BCUT2D eigenvalue weighted by Crippen LogP contribution is 2.32. The highest BCUT2D eigenvalue weighted by atomic mass is 19.1. The number of rotatable bonds is 5. The van der Waals surface area contributed by atoms with Gasteiger partial charge in [-0.3, -0.25) is 0 Å². The molecule has 0 spiro atoms. The normalized spacial score (nSPS) is 19.9. The number of aromatic nitrogens is 2. The number of fused-ring (bicyclic) bond motifs is 1. The van der Waals surface area contributed by atoms with E-state index in [1.807, 2.05) is 35.9 Å².